The highest BCUT2D eigenvalue weighted by atomic mass is 19.4. The van der Waals surface area contributed by atoms with Crippen molar-refractivity contribution in [2.45, 2.75) is 6.18 Å². The van der Waals surface area contributed by atoms with Crippen LogP contribution < -0.4 is 5.32 Å². The normalized spacial score (nSPS) is 11.0. The maximum Gasteiger partial charge on any atom is 0.418 e. The van der Waals surface area contributed by atoms with Crippen molar-refractivity contribution in [1.29, 1.82) is 0 Å². The minimum Gasteiger partial charge on any atom is -0.321 e. The first-order chi connectivity index (χ1) is 11.6. The SMILES string of the molecule is O=C(Nc1ccccc1C(F)(F)F)c1ccc([N+](=O)[O-])c([N+](=O)[O-])c1. The highest BCUT2D eigenvalue weighted by molar-refractivity contribution is 6.05. The number of carbonyl (C=O) groups is 1. The van der Waals surface area contributed by atoms with Gasteiger partial charge in [-0.2, -0.15) is 13.2 Å². The molecule has 0 aliphatic heterocycles. The minimum atomic E-state index is -4.72. The molecule has 0 aliphatic rings. The van der Waals surface area contributed by atoms with Crippen LogP contribution in [0.3, 0.4) is 0 Å². The summed E-state index contributed by atoms with van der Waals surface area (Å²) in [6.45, 7) is 0. The second kappa shape index (κ2) is 6.55. The molecule has 0 aromatic heterocycles. The summed E-state index contributed by atoms with van der Waals surface area (Å²) in [7, 11) is 0. The molecule has 2 aromatic rings. The molecule has 2 rings (SSSR count). The molecule has 0 fully saturated rings. The van der Waals surface area contributed by atoms with Gasteiger partial charge in [0.2, 0.25) is 0 Å². The van der Waals surface area contributed by atoms with E-state index in [4.69, 9.17) is 0 Å². The predicted octanol–water partition coefficient (Wildman–Crippen LogP) is 3.77. The molecule has 1 N–H and O–H groups in total. The number of anilines is 1. The fourth-order valence-corrected chi connectivity index (χ4v) is 2.00. The maximum atomic E-state index is 12.9. The first-order valence-corrected chi connectivity index (χ1v) is 6.51. The third-order valence-electron chi connectivity index (χ3n) is 3.11. The molecule has 0 atom stereocenters. The highest BCUT2D eigenvalue weighted by Gasteiger charge is 2.34. The number of nitro benzene ring substituents is 2. The fraction of sp³-hybridized carbons (Fsp3) is 0.0714. The van der Waals surface area contributed by atoms with Crippen molar-refractivity contribution in [2.75, 3.05) is 5.32 Å². The molecule has 0 saturated carbocycles. The average Bonchev–Trinajstić information content (AvgIpc) is 2.53. The van der Waals surface area contributed by atoms with Crippen molar-refractivity contribution < 1.29 is 27.8 Å². The monoisotopic (exact) mass is 355 g/mol. The van der Waals surface area contributed by atoms with E-state index in [0.717, 1.165) is 30.3 Å². The summed E-state index contributed by atoms with van der Waals surface area (Å²) in [6, 6.07) is 6.45. The van der Waals surface area contributed by atoms with Crippen LogP contribution in [0.4, 0.5) is 30.2 Å². The van der Waals surface area contributed by atoms with Gasteiger partial charge >= 0.3 is 17.6 Å². The summed E-state index contributed by atoms with van der Waals surface area (Å²) >= 11 is 0. The zero-order valence-corrected chi connectivity index (χ0v) is 12.1. The summed E-state index contributed by atoms with van der Waals surface area (Å²) in [5.74, 6) is -1.07. The molecule has 0 radical (unpaired) electrons. The Hall–Kier alpha value is -3.50. The van der Waals surface area contributed by atoms with E-state index in [-0.39, 0.29) is 0 Å². The predicted molar refractivity (Wildman–Crippen MR) is 79.1 cm³/mol. The van der Waals surface area contributed by atoms with Gasteiger partial charge in [-0.25, -0.2) is 0 Å². The summed E-state index contributed by atoms with van der Waals surface area (Å²) in [5.41, 5.74) is -3.81. The van der Waals surface area contributed by atoms with Gasteiger partial charge in [0.1, 0.15) is 0 Å². The second-order valence-electron chi connectivity index (χ2n) is 4.72. The number of halogens is 3. The van der Waals surface area contributed by atoms with E-state index >= 15 is 0 Å². The van der Waals surface area contributed by atoms with Crippen LogP contribution in [0.25, 0.3) is 0 Å². The van der Waals surface area contributed by atoms with E-state index in [0.29, 0.717) is 6.07 Å². The van der Waals surface area contributed by atoms with Crippen LogP contribution in [-0.4, -0.2) is 15.8 Å². The van der Waals surface area contributed by atoms with Crippen LogP contribution in [0.1, 0.15) is 15.9 Å². The van der Waals surface area contributed by atoms with Crippen LogP contribution in [0.15, 0.2) is 42.5 Å². The quantitative estimate of drug-likeness (QED) is 0.662. The van der Waals surface area contributed by atoms with E-state index in [1.54, 1.807) is 0 Å². The second-order valence-corrected chi connectivity index (χ2v) is 4.72. The number of hydrogen-bond acceptors (Lipinski definition) is 5. The van der Waals surface area contributed by atoms with Crippen LogP contribution >= 0.6 is 0 Å². The summed E-state index contributed by atoms with van der Waals surface area (Å²) in [5, 5.41) is 23.6. The molecule has 0 aliphatic carbocycles. The Morgan fingerprint density at radius 1 is 0.960 bits per heavy atom. The van der Waals surface area contributed by atoms with Gasteiger partial charge in [-0.05, 0) is 18.2 Å². The number of rotatable bonds is 4. The Morgan fingerprint density at radius 3 is 2.12 bits per heavy atom. The smallest absolute Gasteiger partial charge is 0.321 e. The number of nitrogens with one attached hydrogen (secondary N) is 1. The number of alkyl halides is 3. The largest absolute Gasteiger partial charge is 0.418 e. The first kappa shape index (κ1) is 17.8. The molecule has 0 heterocycles. The molecule has 130 valence electrons. The molecule has 25 heavy (non-hydrogen) atoms. The number of carbonyl (C=O) groups excluding carboxylic acids is 1. The molecule has 0 spiro atoms. The zero-order valence-electron chi connectivity index (χ0n) is 12.1. The Bertz CT molecular complexity index is 867. The number of amides is 1. The van der Waals surface area contributed by atoms with Gasteiger partial charge in [-0.1, -0.05) is 12.1 Å². The van der Waals surface area contributed by atoms with Crippen molar-refractivity contribution in [3.05, 3.63) is 73.8 Å². The Morgan fingerprint density at radius 2 is 1.56 bits per heavy atom. The Kier molecular flexibility index (Phi) is 4.68. The molecule has 0 bridgehead atoms. The van der Waals surface area contributed by atoms with E-state index in [1.807, 2.05) is 5.32 Å². The molecule has 2 aromatic carbocycles. The minimum absolute atomic E-state index is 0.394. The van der Waals surface area contributed by atoms with Crippen molar-refractivity contribution in [1.82, 2.24) is 0 Å². The standard InChI is InChI=1S/C14H8F3N3O5/c15-14(16,17)9-3-1-2-4-10(9)18-13(21)8-5-6-11(19(22)23)12(7-8)20(24)25/h1-7H,(H,18,21). The van der Waals surface area contributed by atoms with Gasteiger partial charge in [-0.15, -0.1) is 0 Å². The number of hydrogen-bond donors (Lipinski definition) is 1. The van der Waals surface area contributed by atoms with Crippen LogP contribution in [0.2, 0.25) is 0 Å². The number of nitrogens with zero attached hydrogens (tertiary/aromatic N) is 2. The van der Waals surface area contributed by atoms with E-state index in [1.165, 1.54) is 6.07 Å². The Balaban J connectivity index is 2.39. The van der Waals surface area contributed by atoms with Crippen molar-refractivity contribution in [3.63, 3.8) is 0 Å². The van der Waals surface area contributed by atoms with Crippen LogP contribution in [0.5, 0.6) is 0 Å². The van der Waals surface area contributed by atoms with Crippen molar-refractivity contribution in [3.8, 4) is 0 Å². The molecule has 0 unspecified atom stereocenters. The summed E-state index contributed by atoms with van der Waals surface area (Å²) < 4.78 is 38.7. The molecular formula is C14H8F3N3O5. The zero-order chi connectivity index (χ0) is 18.8. The Labute approximate surface area is 137 Å². The first-order valence-electron chi connectivity index (χ1n) is 6.51. The van der Waals surface area contributed by atoms with Crippen LogP contribution in [-0.2, 0) is 6.18 Å². The number of benzene rings is 2. The molecule has 0 saturated heterocycles. The molecule has 11 heteroatoms. The lowest BCUT2D eigenvalue weighted by atomic mass is 10.1. The highest BCUT2D eigenvalue weighted by Crippen LogP contribution is 2.35. The van der Waals surface area contributed by atoms with E-state index < -0.39 is 50.1 Å². The van der Waals surface area contributed by atoms with Gasteiger partial charge in [0.25, 0.3) is 5.91 Å². The van der Waals surface area contributed by atoms with Crippen molar-refractivity contribution >= 4 is 23.0 Å². The van der Waals surface area contributed by atoms with E-state index in [2.05, 4.69) is 0 Å². The molecule has 8 nitrogen and oxygen atoms in total. The lowest BCUT2D eigenvalue weighted by Crippen LogP contribution is -2.16. The van der Waals surface area contributed by atoms with Gasteiger partial charge in [-0.3, -0.25) is 25.0 Å². The number of nitro groups is 2. The summed E-state index contributed by atoms with van der Waals surface area (Å²) in [4.78, 5) is 31.6. The van der Waals surface area contributed by atoms with Gasteiger partial charge in [0.05, 0.1) is 21.1 Å². The van der Waals surface area contributed by atoms with Gasteiger partial charge in [0, 0.05) is 17.7 Å². The third kappa shape index (κ3) is 3.88. The third-order valence-corrected chi connectivity index (χ3v) is 3.11. The van der Waals surface area contributed by atoms with E-state index in [9.17, 15) is 38.2 Å². The average molecular weight is 355 g/mol. The summed E-state index contributed by atoms with van der Waals surface area (Å²) in [6.07, 6.45) is -4.72. The van der Waals surface area contributed by atoms with Gasteiger partial charge in [0.15, 0.2) is 0 Å². The van der Waals surface area contributed by atoms with Gasteiger partial charge < -0.3 is 5.32 Å². The molecule has 1 amide bonds. The fourth-order valence-electron chi connectivity index (χ4n) is 2.00. The van der Waals surface area contributed by atoms with Crippen molar-refractivity contribution in [2.24, 2.45) is 0 Å². The lowest BCUT2D eigenvalue weighted by molar-refractivity contribution is -0.422. The lowest BCUT2D eigenvalue weighted by Gasteiger charge is -2.13. The molecular weight excluding hydrogens is 347 g/mol. The van der Waals surface area contributed by atoms with Crippen LogP contribution in [0, 0.1) is 20.2 Å². The number of para-hydroxylation sites is 1. The maximum absolute atomic E-state index is 12.9. The topological polar surface area (TPSA) is 115 Å².